The van der Waals surface area contributed by atoms with E-state index in [0.29, 0.717) is 0 Å². The van der Waals surface area contributed by atoms with E-state index in [1.807, 2.05) is 30.3 Å². The van der Waals surface area contributed by atoms with Crippen molar-refractivity contribution in [2.75, 3.05) is 46.3 Å². The predicted octanol–water partition coefficient (Wildman–Crippen LogP) is 4.17. The second-order valence-corrected chi connectivity index (χ2v) is 8.09. The van der Waals surface area contributed by atoms with Gasteiger partial charge in [-0.05, 0) is 42.9 Å². The number of carbonyl (C=O) groups excluding carboxylic acids is 1. The van der Waals surface area contributed by atoms with Gasteiger partial charge in [-0.2, -0.15) is 0 Å². The maximum absolute atomic E-state index is 13.0. The Hall–Kier alpha value is -2.27. The molecule has 0 aromatic heterocycles. The van der Waals surface area contributed by atoms with E-state index >= 15 is 0 Å². The van der Waals surface area contributed by atoms with Gasteiger partial charge in [0.15, 0.2) is 5.78 Å². The van der Waals surface area contributed by atoms with Crippen molar-refractivity contribution >= 4 is 11.9 Å². The number of allylic oxidation sites excluding steroid dienone is 1. The molecule has 1 aliphatic heterocycles. The van der Waals surface area contributed by atoms with E-state index < -0.39 is 0 Å². The standard InChI is InChI=1S/C26H35N3O/c1-4-28(5-2)21-24-12-8-9-13-25(24)26(30)15-14-22-10-6-7-11-23(22)20-29-18-16-27(3)17-19-29/h6-15H,4-5,16-21H2,1-3H3/b15-14+. The molecule has 3 rings (SSSR count). The number of likely N-dealkylation sites (N-methyl/N-ethyl adjacent to an activating group) is 1. The summed E-state index contributed by atoms with van der Waals surface area (Å²) in [6.45, 7) is 12.4. The van der Waals surface area contributed by atoms with Crippen molar-refractivity contribution in [3.05, 3.63) is 76.9 Å². The maximum Gasteiger partial charge on any atom is 0.186 e. The smallest absolute Gasteiger partial charge is 0.186 e. The fourth-order valence-electron chi connectivity index (χ4n) is 3.93. The summed E-state index contributed by atoms with van der Waals surface area (Å²) in [5.41, 5.74) is 4.31. The summed E-state index contributed by atoms with van der Waals surface area (Å²) in [7, 11) is 2.18. The summed E-state index contributed by atoms with van der Waals surface area (Å²) in [5, 5.41) is 0. The van der Waals surface area contributed by atoms with Crippen molar-refractivity contribution in [2.45, 2.75) is 26.9 Å². The molecule has 4 heteroatoms. The van der Waals surface area contributed by atoms with Gasteiger partial charge in [-0.1, -0.05) is 68.5 Å². The van der Waals surface area contributed by atoms with Gasteiger partial charge in [0, 0.05) is 44.8 Å². The minimum Gasteiger partial charge on any atom is -0.304 e. The van der Waals surface area contributed by atoms with E-state index in [4.69, 9.17) is 0 Å². The Labute approximate surface area is 181 Å². The molecule has 160 valence electrons. The highest BCUT2D eigenvalue weighted by atomic mass is 16.1. The molecule has 0 radical (unpaired) electrons. The summed E-state index contributed by atoms with van der Waals surface area (Å²) in [4.78, 5) is 20.2. The van der Waals surface area contributed by atoms with Crippen molar-refractivity contribution in [1.29, 1.82) is 0 Å². The van der Waals surface area contributed by atoms with Gasteiger partial charge < -0.3 is 4.90 Å². The quantitative estimate of drug-likeness (QED) is 0.462. The molecule has 0 unspecified atom stereocenters. The normalized spacial score (nSPS) is 15.9. The lowest BCUT2D eigenvalue weighted by Crippen LogP contribution is -2.43. The molecule has 30 heavy (non-hydrogen) atoms. The monoisotopic (exact) mass is 405 g/mol. The molecule has 1 saturated heterocycles. The van der Waals surface area contributed by atoms with Crippen LogP contribution in [0.3, 0.4) is 0 Å². The minimum absolute atomic E-state index is 0.0761. The molecule has 1 heterocycles. The van der Waals surface area contributed by atoms with Gasteiger partial charge in [-0.25, -0.2) is 0 Å². The maximum atomic E-state index is 13.0. The van der Waals surface area contributed by atoms with E-state index in [2.05, 4.69) is 59.9 Å². The molecule has 1 fully saturated rings. The molecule has 4 nitrogen and oxygen atoms in total. The van der Waals surface area contributed by atoms with Gasteiger partial charge in [0.05, 0.1) is 0 Å². The van der Waals surface area contributed by atoms with Crippen LogP contribution in [0.4, 0.5) is 0 Å². The molecule has 0 N–H and O–H groups in total. The highest BCUT2D eigenvalue weighted by Gasteiger charge is 2.15. The highest BCUT2D eigenvalue weighted by molar-refractivity contribution is 6.07. The average molecular weight is 406 g/mol. The highest BCUT2D eigenvalue weighted by Crippen LogP contribution is 2.17. The summed E-state index contributed by atoms with van der Waals surface area (Å²) in [6.07, 6.45) is 3.73. The SMILES string of the molecule is CCN(CC)Cc1ccccc1C(=O)/C=C/c1ccccc1CN1CCN(C)CC1. The number of carbonyl (C=O) groups is 1. The van der Waals surface area contributed by atoms with Crippen molar-refractivity contribution in [3.63, 3.8) is 0 Å². The second-order valence-electron chi connectivity index (χ2n) is 8.09. The predicted molar refractivity (Wildman–Crippen MR) is 126 cm³/mol. The number of hydrogen-bond acceptors (Lipinski definition) is 4. The zero-order chi connectivity index (χ0) is 21.3. The molecule has 0 saturated carbocycles. The first-order chi connectivity index (χ1) is 14.6. The van der Waals surface area contributed by atoms with Crippen molar-refractivity contribution in [1.82, 2.24) is 14.7 Å². The van der Waals surface area contributed by atoms with E-state index in [9.17, 15) is 4.79 Å². The lowest BCUT2D eigenvalue weighted by molar-refractivity contribution is 0.104. The van der Waals surface area contributed by atoms with Crippen LogP contribution in [-0.2, 0) is 13.1 Å². The number of hydrogen-bond donors (Lipinski definition) is 0. The lowest BCUT2D eigenvalue weighted by Gasteiger charge is -2.32. The summed E-state index contributed by atoms with van der Waals surface area (Å²) < 4.78 is 0. The van der Waals surface area contributed by atoms with Crippen LogP contribution in [0.5, 0.6) is 0 Å². The van der Waals surface area contributed by atoms with Crippen LogP contribution in [0.1, 0.15) is 40.9 Å². The van der Waals surface area contributed by atoms with Gasteiger partial charge >= 0.3 is 0 Å². The first-order valence-corrected chi connectivity index (χ1v) is 11.1. The molecular formula is C26H35N3O. The minimum atomic E-state index is 0.0761. The molecule has 0 bridgehead atoms. The number of piperazine rings is 1. The van der Waals surface area contributed by atoms with Gasteiger partial charge in [-0.15, -0.1) is 0 Å². The number of benzene rings is 2. The number of ketones is 1. The zero-order valence-electron chi connectivity index (χ0n) is 18.7. The Kier molecular flexibility index (Phi) is 8.38. The van der Waals surface area contributed by atoms with Gasteiger partial charge in [0.2, 0.25) is 0 Å². The molecular weight excluding hydrogens is 370 g/mol. The summed E-state index contributed by atoms with van der Waals surface area (Å²) in [6, 6.07) is 16.4. The lowest BCUT2D eigenvalue weighted by atomic mass is 10.0. The number of rotatable bonds is 9. The van der Waals surface area contributed by atoms with Gasteiger partial charge in [-0.3, -0.25) is 14.6 Å². The topological polar surface area (TPSA) is 26.8 Å². The molecule has 1 aliphatic rings. The molecule has 0 aliphatic carbocycles. The van der Waals surface area contributed by atoms with Crippen LogP contribution in [-0.4, -0.2) is 66.8 Å². The van der Waals surface area contributed by atoms with E-state index in [-0.39, 0.29) is 5.78 Å². The largest absolute Gasteiger partial charge is 0.304 e. The molecule has 2 aromatic carbocycles. The van der Waals surface area contributed by atoms with Crippen LogP contribution >= 0.6 is 0 Å². The Bertz CT molecular complexity index is 849. The van der Waals surface area contributed by atoms with Crippen LogP contribution in [0.15, 0.2) is 54.6 Å². The fourth-order valence-corrected chi connectivity index (χ4v) is 3.93. The van der Waals surface area contributed by atoms with E-state index in [1.54, 1.807) is 6.08 Å². The Morgan fingerprint density at radius 3 is 2.27 bits per heavy atom. The van der Waals surface area contributed by atoms with Gasteiger partial charge in [0.1, 0.15) is 0 Å². The Morgan fingerprint density at radius 2 is 1.57 bits per heavy atom. The summed E-state index contributed by atoms with van der Waals surface area (Å²) >= 11 is 0. The van der Waals surface area contributed by atoms with E-state index in [0.717, 1.165) is 69.0 Å². The Morgan fingerprint density at radius 1 is 0.933 bits per heavy atom. The summed E-state index contributed by atoms with van der Waals surface area (Å²) in [5.74, 6) is 0.0761. The first-order valence-electron chi connectivity index (χ1n) is 11.1. The van der Waals surface area contributed by atoms with Crippen LogP contribution in [0.2, 0.25) is 0 Å². The third-order valence-corrected chi connectivity index (χ3v) is 6.03. The van der Waals surface area contributed by atoms with Gasteiger partial charge in [0.25, 0.3) is 0 Å². The third-order valence-electron chi connectivity index (χ3n) is 6.03. The first kappa shape index (κ1) is 22.4. The zero-order valence-corrected chi connectivity index (χ0v) is 18.7. The van der Waals surface area contributed by atoms with E-state index in [1.165, 1.54) is 5.56 Å². The molecule has 0 atom stereocenters. The fraction of sp³-hybridized carbons (Fsp3) is 0.423. The molecule has 0 spiro atoms. The number of nitrogens with zero attached hydrogens (tertiary/aromatic N) is 3. The Balaban J connectivity index is 1.73. The molecule has 2 aromatic rings. The van der Waals surface area contributed by atoms with Crippen LogP contribution in [0.25, 0.3) is 6.08 Å². The molecule has 0 amide bonds. The van der Waals surface area contributed by atoms with Crippen LogP contribution < -0.4 is 0 Å². The van der Waals surface area contributed by atoms with Crippen molar-refractivity contribution in [2.24, 2.45) is 0 Å². The second kappa shape index (κ2) is 11.2. The third kappa shape index (κ3) is 6.11. The van der Waals surface area contributed by atoms with Crippen molar-refractivity contribution in [3.8, 4) is 0 Å². The van der Waals surface area contributed by atoms with Crippen molar-refractivity contribution < 1.29 is 4.79 Å². The van der Waals surface area contributed by atoms with Crippen LogP contribution in [0, 0.1) is 0 Å². The average Bonchev–Trinajstić information content (AvgIpc) is 2.78.